The normalized spacial score (nSPS) is 10.1. The summed E-state index contributed by atoms with van der Waals surface area (Å²) in [6.45, 7) is 0.449. The van der Waals surface area contributed by atoms with Crippen molar-refractivity contribution in [1.82, 2.24) is 10.6 Å². The molecule has 0 atom stereocenters. The number of hydrogen-bond acceptors (Lipinski definition) is 5. The fraction of sp³-hybridized carbons (Fsp3) is 0.143. The lowest BCUT2D eigenvalue weighted by atomic mass is 10.2. The Morgan fingerprint density at radius 2 is 1.87 bits per heavy atom. The van der Waals surface area contributed by atoms with Gasteiger partial charge in [-0.3, -0.25) is 19.7 Å². The zero-order valence-electron chi connectivity index (χ0n) is 11.7. The minimum atomic E-state index is -0.652. The molecule has 0 unspecified atom stereocenters. The molecule has 120 valence electrons. The maximum atomic E-state index is 11.9. The second-order valence-corrected chi connectivity index (χ2v) is 5.77. The predicted octanol–water partition coefficient (Wildman–Crippen LogP) is 2.47. The standard InChI is InChI=1S/C14H12ClN3O4S/c15-10-4-3-9(8-11(10)18(21)22)13(19)16-5-6-17-14(20)12-2-1-7-23-12/h1-4,7-8H,5-6H2,(H,16,19)(H,17,20). The molecule has 0 spiro atoms. The first-order valence-corrected chi connectivity index (χ1v) is 7.78. The second kappa shape index (κ2) is 7.70. The lowest BCUT2D eigenvalue weighted by Gasteiger charge is -2.07. The summed E-state index contributed by atoms with van der Waals surface area (Å²) in [4.78, 5) is 34.3. The number of nitrogens with one attached hydrogen (secondary N) is 2. The van der Waals surface area contributed by atoms with Gasteiger partial charge in [-0.15, -0.1) is 11.3 Å². The maximum absolute atomic E-state index is 11.9. The number of halogens is 1. The van der Waals surface area contributed by atoms with E-state index in [9.17, 15) is 19.7 Å². The summed E-state index contributed by atoms with van der Waals surface area (Å²) in [6, 6.07) is 7.28. The highest BCUT2D eigenvalue weighted by Crippen LogP contribution is 2.24. The quantitative estimate of drug-likeness (QED) is 0.473. The SMILES string of the molecule is O=C(NCCNC(=O)c1cccs1)c1ccc(Cl)c([N+](=O)[O-])c1. The number of thiophene rings is 1. The fourth-order valence-electron chi connectivity index (χ4n) is 1.74. The summed E-state index contributed by atoms with van der Waals surface area (Å²) < 4.78 is 0. The number of benzene rings is 1. The van der Waals surface area contributed by atoms with Crippen LogP contribution in [0.1, 0.15) is 20.0 Å². The molecule has 9 heteroatoms. The van der Waals surface area contributed by atoms with E-state index in [1.165, 1.54) is 23.5 Å². The van der Waals surface area contributed by atoms with Crippen molar-refractivity contribution in [2.45, 2.75) is 0 Å². The van der Waals surface area contributed by atoms with Crippen LogP contribution in [-0.2, 0) is 0 Å². The molecule has 0 aliphatic carbocycles. The van der Waals surface area contributed by atoms with E-state index in [1.54, 1.807) is 17.5 Å². The molecule has 2 amide bonds. The van der Waals surface area contributed by atoms with Crippen LogP contribution in [0.25, 0.3) is 0 Å². The van der Waals surface area contributed by atoms with Crippen LogP contribution in [0, 0.1) is 10.1 Å². The highest BCUT2D eigenvalue weighted by atomic mass is 35.5. The van der Waals surface area contributed by atoms with Crippen molar-refractivity contribution < 1.29 is 14.5 Å². The van der Waals surface area contributed by atoms with Crippen LogP contribution in [-0.4, -0.2) is 29.8 Å². The molecule has 1 aromatic heterocycles. The van der Waals surface area contributed by atoms with Crippen LogP contribution in [0.2, 0.25) is 5.02 Å². The Bertz CT molecular complexity index is 734. The van der Waals surface area contributed by atoms with Gasteiger partial charge < -0.3 is 10.6 Å². The Hall–Kier alpha value is -2.45. The summed E-state index contributed by atoms with van der Waals surface area (Å²) in [6.07, 6.45) is 0. The van der Waals surface area contributed by atoms with Crippen LogP contribution in [0.3, 0.4) is 0 Å². The Labute approximate surface area is 140 Å². The van der Waals surface area contributed by atoms with Crippen LogP contribution < -0.4 is 10.6 Å². The van der Waals surface area contributed by atoms with Crippen LogP contribution in [0.4, 0.5) is 5.69 Å². The molecular formula is C14H12ClN3O4S. The van der Waals surface area contributed by atoms with Gasteiger partial charge in [-0.05, 0) is 23.6 Å². The number of carbonyl (C=O) groups excluding carboxylic acids is 2. The second-order valence-electron chi connectivity index (χ2n) is 4.41. The Morgan fingerprint density at radius 3 is 2.48 bits per heavy atom. The number of rotatable bonds is 6. The molecule has 0 aliphatic rings. The molecule has 1 heterocycles. The van der Waals surface area contributed by atoms with Gasteiger partial charge in [-0.2, -0.15) is 0 Å². The van der Waals surface area contributed by atoms with Gasteiger partial charge in [0.15, 0.2) is 0 Å². The maximum Gasteiger partial charge on any atom is 0.288 e. The minimum Gasteiger partial charge on any atom is -0.350 e. The minimum absolute atomic E-state index is 0.0326. The first kappa shape index (κ1) is 16.9. The van der Waals surface area contributed by atoms with Crippen LogP contribution in [0.15, 0.2) is 35.7 Å². The Kier molecular flexibility index (Phi) is 5.67. The Balaban J connectivity index is 1.84. The highest BCUT2D eigenvalue weighted by Gasteiger charge is 2.16. The number of nitro benzene ring substituents is 1. The fourth-order valence-corrected chi connectivity index (χ4v) is 2.57. The lowest BCUT2D eigenvalue weighted by molar-refractivity contribution is -0.384. The van der Waals surface area contributed by atoms with Crippen molar-refractivity contribution in [2.24, 2.45) is 0 Å². The van der Waals surface area contributed by atoms with Crippen molar-refractivity contribution >= 4 is 40.4 Å². The molecule has 0 aliphatic heterocycles. The number of nitro groups is 1. The van der Waals surface area contributed by atoms with Crippen LogP contribution in [0.5, 0.6) is 0 Å². The molecule has 2 aromatic rings. The van der Waals surface area contributed by atoms with E-state index in [0.717, 1.165) is 6.07 Å². The molecule has 1 aromatic carbocycles. The summed E-state index contributed by atoms with van der Waals surface area (Å²) in [5, 5.41) is 17.8. The molecule has 2 rings (SSSR count). The number of hydrogen-bond donors (Lipinski definition) is 2. The third-order valence-corrected chi connectivity index (χ3v) is 4.03. The van der Waals surface area contributed by atoms with Crippen molar-refractivity contribution in [2.75, 3.05) is 13.1 Å². The highest BCUT2D eigenvalue weighted by molar-refractivity contribution is 7.12. The summed E-state index contributed by atoms with van der Waals surface area (Å²) in [7, 11) is 0. The number of amides is 2. The van der Waals surface area contributed by atoms with Crippen molar-refractivity contribution in [3.8, 4) is 0 Å². The smallest absolute Gasteiger partial charge is 0.288 e. The largest absolute Gasteiger partial charge is 0.350 e. The molecule has 0 saturated heterocycles. The third kappa shape index (κ3) is 4.51. The van der Waals surface area contributed by atoms with Gasteiger partial charge >= 0.3 is 0 Å². The van der Waals surface area contributed by atoms with Crippen molar-refractivity contribution in [3.05, 3.63) is 61.3 Å². The molecule has 2 N–H and O–H groups in total. The average Bonchev–Trinajstić information content (AvgIpc) is 3.05. The molecule has 0 fully saturated rings. The summed E-state index contributed by atoms with van der Waals surface area (Å²) in [5.41, 5.74) is -0.198. The monoisotopic (exact) mass is 353 g/mol. The summed E-state index contributed by atoms with van der Waals surface area (Å²) in [5.74, 6) is -0.688. The van der Waals surface area contributed by atoms with Crippen molar-refractivity contribution in [1.29, 1.82) is 0 Å². The number of carbonyl (C=O) groups is 2. The third-order valence-electron chi connectivity index (χ3n) is 2.85. The predicted molar refractivity (Wildman–Crippen MR) is 87.1 cm³/mol. The van der Waals surface area contributed by atoms with E-state index in [2.05, 4.69) is 10.6 Å². The van der Waals surface area contributed by atoms with Gasteiger partial charge in [0, 0.05) is 24.7 Å². The van der Waals surface area contributed by atoms with E-state index in [0.29, 0.717) is 4.88 Å². The zero-order chi connectivity index (χ0) is 16.8. The molecule has 7 nitrogen and oxygen atoms in total. The average molecular weight is 354 g/mol. The molecule has 0 radical (unpaired) electrons. The van der Waals surface area contributed by atoms with Gasteiger partial charge in [0.2, 0.25) is 0 Å². The topological polar surface area (TPSA) is 101 Å². The van der Waals surface area contributed by atoms with Gasteiger partial charge in [0.1, 0.15) is 5.02 Å². The van der Waals surface area contributed by atoms with Gasteiger partial charge in [0.05, 0.1) is 9.80 Å². The van der Waals surface area contributed by atoms with E-state index in [-0.39, 0.29) is 35.3 Å². The van der Waals surface area contributed by atoms with Gasteiger partial charge in [-0.1, -0.05) is 17.7 Å². The van der Waals surface area contributed by atoms with E-state index < -0.39 is 10.8 Å². The first-order valence-electron chi connectivity index (χ1n) is 6.53. The van der Waals surface area contributed by atoms with Crippen molar-refractivity contribution in [3.63, 3.8) is 0 Å². The molecular weight excluding hydrogens is 342 g/mol. The molecule has 0 saturated carbocycles. The van der Waals surface area contributed by atoms with E-state index in [4.69, 9.17) is 11.6 Å². The van der Waals surface area contributed by atoms with Crippen LogP contribution >= 0.6 is 22.9 Å². The van der Waals surface area contributed by atoms with Gasteiger partial charge in [0.25, 0.3) is 17.5 Å². The van der Waals surface area contributed by atoms with E-state index >= 15 is 0 Å². The first-order chi connectivity index (χ1) is 11.0. The zero-order valence-corrected chi connectivity index (χ0v) is 13.3. The molecule has 23 heavy (non-hydrogen) atoms. The van der Waals surface area contributed by atoms with E-state index in [1.807, 2.05) is 0 Å². The lowest BCUT2D eigenvalue weighted by Crippen LogP contribution is -2.34. The molecule has 0 bridgehead atoms. The summed E-state index contributed by atoms with van der Waals surface area (Å²) >= 11 is 7.01. The van der Waals surface area contributed by atoms with Gasteiger partial charge in [-0.25, -0.2) is 0 Å². The number of nitrogens with zero attached hydrogens (tertiary/aromatic N) is 1. The Morgan fingerprint density at radius 1 is 1.17 bits per heavy atom.